The van der Waals surface area contributed by atoms with E-state index in [0.29, 0.717) is 18.4 Å². The Morgan fingerprint density at radius 2 is 1.94 bits per heavy atom. The van der Waals surface area contributed by atoms with Gasteiger partial charge in [-0.25, -0.2) is 0 Å². The van der Waals surface area contributed by atoms with Crippen molar-refractivity contribution in [2.45, 2.75) is 44.6 Å². The molecule has 1 aliphatic heterocycles. The Bertz CT molecular complexity index is 405. The maximum absolute atomic E-state index is 14.7. The molecular weight excluding hydrogens is 225 g/mol. The number of hydrogen-bond donors (Lipinski definition) is 0. The maximum Gasteiger partial charge on any atom is 0.0789 e. The zero-order valence-corrected chi connectivity index (χ0v) is 11.1. The van der Waals surface area contributed by atoms with Gasteiger partial charge in [0.25, 0.3) is 0 Å². The predicted octanol–water partition coefficient (Wildman–Crippen LogP) is 4.30. The minimum Gasteiger partial charge on any atom is -0.135 e. The molecule has 0 N–H and O–H groups in total. The van der Waals surface area contributed by atoms with E-state index in [1.165, 1.54) is 31.2 Å². The van der Waals surface area contributed by atoms with Gasteiger partial charge in [-0.1, -0.05) is 50.1 Å². The van der Waals surface area contributed by atoms with Crippen molar-refractivity contribution in [1.82, 2.24) is 5.12 Å². The second-order valence-corrected chi connectivity index (χ2v) is 5.84. The normalized spacial score (nSPS) is 36.6. The average Bonchev–Trinajstić information content (AvgIpc) is 2.72. The molecule has 1 nitrogen and oxygen atoms in total. The van der Waals surface area contributed by atoms with Gasteiger partial charge in [0.1, 0.15) is 0 Å². The SMILES string of the molecule is CCC1(c2ccccc2)C2CCCCC2CN1F. The molecule has 1 aromatic rings. The van der Waals surface area contributed by atoms with Crippen molar-refractivity contribution in [2.24, 2.45) is 11.8 Å². The monoisotopic (exact) mass is 247 g/mol. The van der Waals surface area contributed by atoms with Gasteiger partial charge in [-0.15, -0.1) is 9.60 Å². The van der Waals surface area contributed by atoms with Gasteiger partial charge < -0.3 is 0 Å². The molecule has 0 amide bonds. The van der Waals surface area contributed by atoms with Crippen molar-refractivity contribution in [3.8, 4) is 0 Å². The molecule has 18 heavy (non-hydrogen) atoms. The molecule has 1 saturated heterocycles. The van der Waals surface area contributed by atoms with E-state index in [0.717, 1.165) is 11.5 Å². The molecule has 0 bridgehead atoms. The summed E-state index contributed by atoms with van der Waals surface area (Å²) >= 11 is 0. The molecule has 0 radical (unpaired) electrons. The van der Waals surface area contributed by atoms with Crippen LogP contribution in [-0.2, 0) is 5.54 Å². The third-order valence-electron chi connectivity index (χ3n) is 5.16. The zero-order valence-electron chi connectivity index (χ0n) is 11.1. The van der Waals surface area contributed by atoms with E-state index >= 15 is 0 Å². The van der Waals surface area contributed by atoms with Crippen molar-refractivity contribution in [3.05, 3.63) is 35.9 Å². The van der Waals surface area contributed by atoms with E-state index < -0.39 is 0 Å². The summed E-state index contributed by atoms with van der Waals surface area (Å²) in [6, 6.07) is 10.3. The van der Waals surface area contributed by atoms with Crippen LogP contribution in [0, 0.1) is 11.8 Å². The Labute approximate surface area is 109 Å². The lowest BCUT2D eigenvalue weighted by atomic mass is 9.68. The van der Waals surface area contributed by atoms with Gasteiger partial charge >= 0.3 is 0 Å². The fraction of sp³-hybridized carbons (Fsp3) is 0.625. The van der Waals surface area contributed by atoms with Crippen LogP contribution in [0.5, 0.6) is 0 Å². The molecule has 3 rings (SSSR count). The van der Waals surface area contributed by atoms with Gasteiger partial charge in [0.2, 0.25) is 0 Å². The Morgan fingerprint density at radius 3 is 2.67 bits per heavy atom. The fourth-order valence-corrected chi connectivity index (χ4v) is 4.32. The molecule has 0 spiro atoms. The molecule has 2 aliphatic rings. The van der Waals surface area contributed by atoms with Crippen LogP contribution in [-0.4, -0.2) is 11.7 Å². The van der Waals surface area contributed by atoms with Gasteiger partial charge in [-0.05, 0) is 36.7 Å². The largest absolute Gasteiger partial charge is 0.135 e. The molecule has 1 saturated carbocycles. The molecule has 2 heteroatoms. The lowest BCUT2D eigenvalue weighted by Gasteiger charge is -2.40. The molecule has 3 atom stereocenters. The minimum absolute atomic E-state index is 0.355. The number of rotatable bonds is 2. The number of benzene rings is 1. The Kier molecular flexibility index (Phi) is 3.14. The minimum atomic E-state index is -0.355. The topological polar surface area (TPSA) is 3.24 Å². The molecule has 0 aromatic heterocycles. The van der Waals surface area contributed by atoms with Gasteiger partial charge in [0.15, 0.2) is 0 Å². The van der Waals surface area contributed by atoms with E-state index in [4.69, 9.17) is 0 Å². The summed E-state index contributed by atoms with van der Waals surface area (Å²) in [6.45, 7) is 2.77. The van der Waals surface area contributed by atoms with Gasteiger partial charge in [0.05, 0.1) is 5.54 Å². The highest BCUT2D eigenvalue weighted by Crippen LogP contribution is 2.53. The van der Waals surface area contributed by atoms with E-state index in [9.17, 15) is 4.48 Å². The molecule has 1 aliphatic carbocycles. The summed E-state index contributed by atoms with van der Waals surface area (Å²) in [5, 5.41) is 1.16. The highest BCUT2D eigenvalue weighted by Gasteiger charge is 2.54. The van der Waals surface area contributed by atoms with Crippen LogP contribution in [0.1, 0.15) is 44.6 Å². The number of nitrogens with zero attached hydrogens (tertiary/aromatic N) is 1. The summed E-state index contributed by atoms with van der Waals surface area (Å²) in [4.78, 5) is 0. The van der Waals surface area contributed by atoms with Crippen LogP contribution in [0.15, 0.2) is 30.3 Å². The standard InChI is InChI=1S/C16H22FN/c1-2-16(14-9-4-3-5-10-14)15-11-7-6-8-13(15)12-18(16)17/h3-5,9-10,13,15H,2,6-8,11-12H2,1H3. The molecule has 1 heterocycles. The van der Waals surface area contributed by atoms with Crippen LogP contribution >= 0.6 is 0 Å². The summed E-state index contributed by atoms with van der Waals surface area (Å²) in [6.07, 6.45) is 5.81. The van der Waals surface area contributed by atoms with Crippen molar-refractivity contribution < 1.29 is 4.48 Å². The van der Waals surface area contributed by atoms with Crippen LogP contribution in [0.3, 0.4) is 0 Å². The van der Waals surface area contributed by atoms with Crippen LogP contribution in [0.2, 0.25) is 0 Å². The number of fused-ring (bicyclic) bond motifs is 1. The third-order valence-corrected chi connectivity index (χ3v) is 5.16. The predicted molar refractivity (Wildman–Crippen MR) is 71.7 cm³/mol. The van der Waals surface area contributed by atoms with E-state index in [1.54, 1.807) is 0 Å². The lowest BCUT2D eigenvalue weighted by molar-refractivity contribution is -0.0762. The van der Waals surface area contributed by atoms with Crippen molar-refractivity contribution in [2.75, 3.05) is 6.54 Å². The van der Waals surface area contributed by atoms with Gasteiger partial charge in [-0.3, -0.25) is 0 Å². The van der Waals surface area contributed by atoms with E-state index in [-0.39, 0.29) is 5.54 Å². The first kappa shape index (κ1) is 12.2. The van der Waals surface area contributed by atoms with E-state index in [2.05, 4.69) is 19.1 Å². The molecule has 98 valence electrons. The van der Waals surface area contributed by atoms with Crippen molar-refractivity contribution in [3.63, 3.8) is 0 Å². The molecular formula is C16H22FN. The zero-order chi connectivity index (χ0) is 12.6. The number of hydrogen-bond acceptors (Lipinski definition) is 1. The van der Waals surface area contributed by atoms with Crippen LogP contribution < -0.4 is 0 Å². The van der Waals surface area contributed by atoms with Crippen molar-refractivity contribution in [1.29, 1.82) is 0 Å². The highest BCUT2D eigenvalue weighted by molar-refractivity contribution is 5.27. The van der Waals surface area contributed by atoms with Gasteiger partial charge in [0, 0.05) is 6.54 Å². The van der Waals surface area contributed by atoms with E-state index in [1.807, 2.05) is 18.2 Å². The third kappa shape index (κ3) is 1.62. The fourth-order valence-electron chi connectivity index (χ4n) is 4.32. The summed E-state index contributed by atoms with van der Waals surface area (Å²) in [5.74, 6) is 1.06. The first-order chi connectivity index (χ1) is 8.79. The summed E-state index contributed by atoms with van der Waals surface area (Å²) in [5.41, 5.74) is 0.816. The Morgan fingerprint density at radius 1 is 1.22 bits per heavy atom. The number of halogens is 1. The average molecular weight is 247 g/mol. The molecule has 3 unspecified atom stereocenters. The van der Waals surface area contributed by atoms with Crippen LogP contribution in [0.4, 0.5) is 4.48 Å². The Balaban J connectivity index is 2.04. The van der Waals surface area contributed by atoms with Gasteiger partial charge in [-0.2, -0.15) is 0 Å². The maximum atomic E-state index is 14.7. The summed E-state index contributed by atoms with van der Waals surface area (Å²) < 4.78 is 14.7. The first-order valence-corrected chi connectivity index (χ1v) is 7.28. The quantitative estimate of drug-likeness (QED) is 0.704. The summed E-state index contributed by atoms with van der Waals surface area (Å²) in [7, 11) is 0. The van der Waals surface area contributed by atoms with Crippen LogP contribution in [0.25, 0.3) is 0 Å². The molecule has 1 aromatic carbocycles. The molecule has 2 fully saturated rings. The first-order valence-electron chi connectivity index (χ1n) is 7.28. The van der Waals surface area contributed by atoms with Crippen molar-refractivity contribution >= 4 is 0 Å². The lowest BCUT2D eigenvalue weighted by Crippen LogP contribution is -2.41. The Hall–Kier alpha value is -0.890. The second kappa shape index (κ2) is 4.65. The second-order valence-electron chi connectivity index (χ2n) is 5.84. The smallest absolute Gasteiger partial charge is 0.0789 e. The highest BCUT2D eigenvalue weighted by atomic mass is 19.2.